The van der Waals surface area contributed by atoms with Crippen LogP contribution in [0, 0.1) is 6.92 Å². The maximum Gasteiger partial charge on any atom is 0.242 e. The van der Waals surface area contributed by atoms with E-state index in [0.717, 1.165) is 25.2 Å². The molecule has 0 N–H and O–H groups in total. The molecule has 0 spiro atoms. The molecule has 2 saturated heterocycles. The second-order valence-corrected chi connectivity index (χ2v) is 9.02. The maximum absolute atomic E-state index is 13.5. The third-order valence-corrected chi connectivity index (χ3v) is 6.79. The molecule has 4 nitrogen and oxygen atoms in total. The lowest BCUT2D eigenvalue weighted by Crippen LogP contribution is -2.54. The zero-order chi connectivity index (χ0) is 20.9. The van der Waals surface area contributed by atoms with E-state index in [-0.39, 0.29) is 11.9 Å². The van der Waals surface area contributed by atoms with Gasteiger partial charge in [0.2, 0.25) is 5.91 Å². The Kier molecular flexibility index (Phi) is 6.73. The molecule has 2 aromatic carbocycles. The first-order chi connectivity index (χ1) is 14.6. The number of carbonyl (C=O) groups is 1. The number of aryl methyl sites for hydroxylation is 1. The average molecular weight is 406 g/mol. The van der Waals surface area contributed by atoms with Crippen LogP contribution in [0.1, 0.15) is 42.7 Å². The number of hydrogen-bond acceptors (Lipinski definition) is 3. The zero-order valence-corrected chi connectivity index (χ0v) is 18.5. The second-order valence-electron chi connectivity index (χ2n) is 9.02. The van der Waals surface area contributed by atoms with Crippen molar-refractivity contribution >= 4 is 11.6 Å². The van der Waals surface area contributed by atoms with Crippen LogP contribution in [0.4, 0.5) is 5.69 Å². The van der Waals surface area contributed by atoms with Crippen LogP contribution in [-0.2, 0) is 4.79 Å². The van der Waals surface area contributed by atoms with Gasteiger partial charge < -0.3 is 14.7 Å². The van der Waals surface area contributed by atoms with Crippen molar-refractivity contribution in [3.05, 3.63) is 65.7 Å². The Morgan fingerprint density at radius 3 is 2.50 bits per heavy atom. The van der Waals surface area contributed by atoms with Crippen molar-refractivity contribution in [2.75, 3.05) is 44.7 Å². The topological polar surface area (TPSA) is 26.8 Å². The van der Waals surface area contributed by atoms with Gasteiger partial charge in [-0.1, -0.05) is 42.5 Å². The van der Waals surface area contributed by atoms with Crippen LogP contribution < -0.4 is 4.90 Å². The SMILES string of the molecule is Cc1cccc(N(C)CC(=O)N2CCC[C@H](c3ccccc3)[C@@H]2CN2CCCC2)c1. The highest BCUT2D eigenvalue weighted by atomic mass is 16.2. The number of nitrogens with zero attached hydrogens (tertiary/aromatic N) is 3. The number of likely N-dealkylation sites (N-methyl/N-ethyl adjacent to an activating group) is 1. The third-order valence-electron chi connectivity index (χ3n) is 6.79. The quantitative estimate of drug-likeness (QED) is 0.717. The van der Waals surface area contributed by atoms with Crippen molar-refractivity contribution in [3.8, 4) is 0 Å². The van der Waals surface area contributed by atoms with E-state index >= 15 is 0 Å². The van der Waals surface area contributed by atoms with Gasteiger partial charge in [0.05, 0.1) is 12.6 Å². The molecule has 2 aliphatic rings. The molecule has 2 aromatic rings. The van der Waals surface area contributed by atoms with E-state index < -0.39 is 0 Å². The number of piperidine rings is 1. The van der Waals surface area contributed by atoms with Crippen molar-refractivity contribution in [1.82, 2.24) is 9.80 Å². The van der Waals surface area contributed by atoms with Crippen LogP contribution >= 0.6 is 0 Å². The van der Waals surface area contributed by atoms with Crippen LogP contribution in [0.2, 0.25) is 0 Å². The Hall–Kier alpha value is -2.33. The fourth-order valence-corrected chi connectivity index (χ4v) is 5.16. The summed E-state index contributed by atoms with van der Waals surface area (Å²) < 4.78 is 0. The van der Waals surface area contributed by atoms with Gasteiger partial charge in [-0.3, -0.25) is 4.79 Å². The summed E-state index contributed by atoms with van der Waals surface area (Å²) in [6.45, 7) is 6.75. The minimum absolute atomic E-state index is 0.254. The second kappa shape index (κ2) is 9.65. The summed E-state index contributed by atoms with van der Waals surface area (Å²) in [6.07, 6.45) is 4.81. The van der Waals surface area contributed by atoms with E-state index in [1.165, 1.54) is 43.5 Å². The van der Waals surface area contributed by atoms with Crippen molar-refractivity contribution < 1.29 is 4.79 Å². The minimum atomic E-state index is 0.254. The highest BCUT2D eigenvalue weighted by Crippen LogP contribution is 2.34. The van der Waals surface area contributed by atoms with Crippen LogP contribution in [0.15, 0.2) is 54.6 Å². The van der Waals surface area contributed by atoms with E-state index in [2.05, 4.69) is 76.2 Å². The standard InChI is InChI=1S/C26H35N3O/c1-21-10-8-13-23(18-21)27(2)20-26(30)29-17-9-14-24(22-11-4-3-5-12-22)25(29)19-28-15-6-7-16-28/h3-5,8,10-13,18,24-25H,6-7,9,14-17,19-20H2,1-2H3/t24-,25+/m1/s1. The molecule has 2 heterocycles. The Bertz CT molecular complexity index is 831. The Morgan fingerprint density at radius 2 is 1.77 bits per heavy atom. The Labute approximate surface area is 181 Å². The van der Waals surface area contributed by atoms with E-state index in [1.807, 2.05) is 7.05 Å². The molecule has 0 aromatic heterocycles. The van der Waals surface area contributed by atoms with Crippen molar-refractivity contribution in [2.45, 2.75) is 44.6 Å². The normalized spacial score (nSPS) is 22.3. The summed E-state index contributed by atoms with van der Waals surface area (Å²) >= 11 is 0. The first-order valence-electron chi connectivity index (χ1n) is 11.5. The number of rotatable bonds is 6. The van der Waals surface area contributed by atoms with Crippen LogP contribution in [0.25, 0.3) is 0 Å². The predicted molar refractivity (Wildman–Crippen MR) is 124 cm³/mol. The minimum Gasteiger partial charge on any atom is -0.365 e. The molecule has 2 aliphatic heterocycles. The number of amides is 1. The molecule has 4 rings (SSSR count). The van der Waals surface area contributed by atoms with E-state index in [1.54, 1.807) is 0 Å². The van der Waals surface area contributed by atoms with Crippen molar-refractivity contribution in [1.29, 1.82) is 0 Å². The molecule has 0 saturated carbocycles. The monoisotopic (exact) mass is 405 g/mol. The highest BCUT2D eigenvalue weighted by molar-refractivity contribution is 5.82. The van der Waals surface area contributed by atoms with Gasteiger partial charge in [0.1, 0.15) is 0 Å². The molecule has 0 bridgehead atoms. The molecule has 4 heteroatoms. The highest BCUT2D eigenvalue weighted by Gasteiger charge is 2.36. The molecule has 0 aliphatic carbocycles. The molecule has 1 amide bonds. The number of anilines is 1. The first kappa shape index (κ1) is 20.9. The summed E-state index contributed by atoms with van der Waals surface area (Å²) in [5.74, 6) is 0.678. The first-order valence-corrected chi connectivity index (χ1v) is 11.5. The summed E-state index contributed by atoms with van der Waals surface area (Å²) in [6, 6.07) is 19.5. The molecule has 2 atom stereocenters. The average Bonchev–Trinajstić information content (AvgIpc) is 3.27. The van der Waals surface area contributed by atoms with Gasteiger partial charge in [-0.05, 0) is 69.0 Å². The van der Waals surface area contributed by atoms with Gasteiger partial charge in [0.25, 0.3) is 0 Å². The summed E-state index contributed by atoms with van der Waals surface area (Å²) in [5.41, 5.74) is 3.71. The molecule has 0 unspecified atom stereocenters. The van der Waals surface area contributed by atoms with E-state index in [9.17, 15) is 4.79 Å². The van der Waals surface area contributed by atoms with Crippen LogP contribution in [0.3, 0.4) is 0 Å². The fourth-order valence-electron chi connectivity index (χ4n) is 5.16. The van der Waals surface area contributed by atoms with Gasteiger partial charge >= 0.3 is 0 Å². The smallest absolute Gasteiger partial charge is 0.242 e. The molecule has 0 radical (unpaired) electrons. The van der Waals surface area contributed by atoms with Gasteiger partial charge in [0, 0.05) is 31.7 Å². The van der Waals surface area contributed by atoms with Crippen LogP contribution in [-0.4, -0.2) is 61.5 Å². The molecule has 2 fully saturated rings. The largest absolute Gasteiger partial charge is 0.365 e. The lowest BCUT2D eigenvalue weighted by atomic mass is 9.83. The van der Waals surface area contributed by atoms with Crippen molar-refractivity contribution in [3.63, 3.8) is 0 Å². The molecular formula is C26H35N3O. The van der Waals surface area contributed by atoms with E-state index in [4.69, 9.17) is 0 Å². The fraction of sp³-hybridized carbons (Fsp3) is 0.500. The van der Waals surface area contributed by atoms with Gasteiger partial charge in [0.15, 0.2) is 0 Å². The maximum atomic E-state index is 13.5. The molecular weight excluding hydrogens is 370 g/mol. The van der Waals surface area contributed by atoms with Crippen LogP contribution in [0.5, 0.6) is 0 Å². The Morgan fingerprint density at radius 1 is 1.00 bits per heavy atom. The number of benzene rings is 2. The summed E-state index contributed by atoms with van der Waals surface area (Å²) in [5, 5.41) is 0. The summed E-state index contributed by atoms with van der Waals surface area (Å²) in [4.78, 5) is 20.4. The van der Waals surface area contributed by atoms with Gasteiger partial charge in [-0.15, -0.1) is 0 Å². The lowest BCUT2D eigenvalue weighted by molar-refractivity contribution is -0.134. The number of carbonyl (C=O) groups excluding carboxylic acids is 1. The van der Waals surface area contributed by atoms with Gasteiger partial charge in [-0.2, -0.15) is 0 Å². The number of hydrogen-bond donors (Lipinski definition) is 0. The predicted octanol–water partition coefficient (Wildman–Crippen LogP) is 4.30. The van der Waals surface area contributed by atoms with E-state index in [0.29, 0.717) is 12.5 Å². The Balaban J connectivity index is 1.53. The molecule has 160 valence electrons. The lowest BCUT2D eigenvalue weighted by Gasteiger charge is -2.44. The number of likely N-dealkylation sites (tertiary alicyclic amines) is 2. The van der Waals surface area contributed by atoms with Crippen molar-refractivity contribution in [2.24, 2.45) is 0 Å². The molecule has 30 heavy (non-hydrogen) atoms. The van der Waals surface area contributed by atoms with Gasteiger partial charge in [-0.25, -0.2) is 0 Å². The third kappa shape index (κ3) is 4.86. The summed E-state index contributed by atoms with van der Waals surface area (Å²) in [7, 11) is 2.03. The zero-order valence-electron chi connectivity index (χ0n) is 18.5.